The Morgan fingerprint density at radius 2 is 1.91 bits per heavy atom. The molecule has 1 fully saturated rings. The van der Waals surface area contributed by atoms with Gasteiger partial charge in [0.25, 0.3) is 5.56 Å². The lowest BCUT2D eigenvalue weighted by atomic mass is 10.3. The minimum atomic E-state index is -4.67. The number of nitrogens with one attached hydrogen (secondary N) is 1. The minimum Gasteiger partial charge on any atom is -0.340 e. The van der Waals surface area contributed by atoms with Crippen LogP contribution in [-0.2, 0) is 19.8 Å². The first-order chi connectivity index (χ1) is 10.8. The number of imidazole rings is 1. The first kappa shape index (κ1) is 15.8. The Kier molecular flexibility index (Phi) is 3.78. The zero-order chi connectivity index (χ0) is 16.8. The molecular weight excluding hydrogens is 313 g/mol. The average molecular weight is 330 g/mol. The molecule has 0 radical (unpaired) electrons. The molecule has 3 rings (SSSR count). The predicted molar refractivity (Wildman–Crippen MR) is 78.5 cm³/mol. The number of hydrogen-bond acceptors (Lipinski definition) is 5. The van der Waals surface area contributed by atoms with Crippen LogP contribution >= 0.6 is 0 Å². The molecule has 0 saturated carbocycles. The van der Waals surface area contributed by atoms with Crippen molar-refractivity contribution >= 4 is 17.0 Å². The Bertz CT molecular complexity index is 788. The van der Waals surface area contributed by atoms with Crippen molar-refractivity contribution in [3.05, 3.63) is 16.0 Å². The Morgan fingerprint density at radius 3 is 2.48 bits per heavy atom. The van der Waals surface area contributed by atoms with E-state index in [-0.39, 0.29) is 11.0 Å². The van der Waals surface area contributed by atoms with Gasteiger partial charge in [-0.05, 0) is 6.92 Å². The van der Waals surface area contributed by atoms with Gasteiger partial charge in [-0.3, -0.25) is 4.79 Å². The lowest BCUT2D eigenvalue weighted by Gasteiger charge is -2.28. The molecule has 10 heteroatoms. The summed E-state index contributed by atoms with van der Waals surface area (Å²) in [5.74, 6) is 0.389. The van der Waals surface area contributed by atoms with E-state index in [0.29, 0.717) is 25.6 Å². The maximum atomic E-state index is 13.3. The van der Waals surface area contributed by atoms with E-state index in [1.54, 1.807) is 11.5 Å². The molecule has 0 aromatic carbocycles. The lowest BCUT2D eigenvalue weighted by molar-refractivity contribution is -0.140. The first-order valence-corrected chi connectivity index (χ1v) is 7.35. The van der Waals surface area contributed by atoms with E-state index in [9.17, 15) is 18.0 Å². The van der Waals surface area contributed by atoms with Gasteiger partial charge in [0.2, 0.25) is 5.95 Å². The van der Waals surface area contributed by atoms with Crippen LogP contribution in [0.3, 0.4) is 0 Å². The summed E-state index contributed by atoms with van der Waals surface area (Å²) in [7, 11) is 1.22. The van der Waals surface area contributed by atoms with E-state index >= 15 is 0 Å². The molecule has 0 bridgehead atoms. The largest absolute Gasteiger partial charge is 0.437 e. The Hall–Kier alpha value is -2.10. The van der Waals surface area contributed by atoms with Crippen molar-refractivity contribution in [1.29, 1.82) is 0 Å². The molecule has 1 N–H and O–H groups in total. The highest BCUT2D eigenvalue weighted by molar-refractivity contribution is 5.80. The molecule has 0 unspecified atom stereocenters. The van der Waals surface area contributed by atoms with E-state index in [4.69, 9.17) is 0 Å². The third-order valence-electron chi connectivity index (χ3n) is 3.90. The maximum absolute atomic E-state index is 13.3. The van der Waals surface area contributed by atoms with Gasteiger partial charge < -0.3 is 14.8 Å². The van der Waals surface area contributed by atoms with E-state index in [1.165, 1.54) is 7.05 Å². The summed E-state index contributed by atoms with van der Waals surface area (Å²) in [5, 5.41) is 6.55. The highest BCUT2D eigenvalue weighted by Gasteiger charge is 2.38. The summed E-state index contributed by atoms with van der Waals surface area (Å²) in [5.41, 5.74) is -2.14. The van der Waals surface area contributed by atoms with E-state index < -0.39 is 17.4 Å². The number of nitrogens with zero attached hydrogens (tertiary/aromatic N) is 5. The van der Waals surface area contributed by atoms with Gasteiger partial charge in [0.05, 0.1) is 0 Å². The number of aromatic nitrogens is 4. The van der Waals surface area contributed by atoms with Gasteiger partial charge in [-0.2, -0.15) is 18.3 Å². The van der Waals surface area contributed by atoms with Crippen LogP contribution < -0.4 is 15.8 Å². The standard InChI is InChI=1S/C13H17F3N6O/c1-3-22-9-8(18-12(22)21-6-4-17-5-7-21)10(13(14,15)16)19-20(2)11(9)23/h17H,3-7H2,1-2H3. The van der Waals surface area contributed by atoms with Crippen LogP contribution in [0.4, 0.5) is 19.1 Å². The van der Waals surface area contributed by atoms with Gasteiger partial charge in [-0.15, -0.1) is 0 Å². The van der Waals surface area contributed by atoms with E-state index in [1.807, 2.05) is 4.90 Å². The number of fused-ring (bicyclic) bond motifs is 1. The number of hydrogen-bond donors (Lipinski definition) is 1. The van der Waals surface area contributed by atoms with Crippen LogP contribution in [0, 0.1) is 0 Å². The number of anilines is 1. The summed E-state index contributed by atoms with van der Waals surface area (Å²) >= 11 is 0. The summed E-state index contributed by atoms with van der Waals surface area (Å²) < 4.78 is 42.1. The molecule has 0 amide bonds. The van der Waals surface area contributed by atoms with Crippen molar-refractivity contribution in [3.63, 3.8) is 0 Å². The fourth-order valence-electron chi connectivity index (χ4n) is 2.82. The second-order valence-electron chi connectivity index (χ2n) is 5.37. The van der Waals surface area contributed by atoms with Gasteiger partial charge in [-0.25, -0.2) is 9.67 Å². The molecule has 1 aliphatic heterocycles. The van der Waals surface area contributed by atoms with Crippen LogP contribution in [-0.4, -0.2) is 45.5 Å². The second-order valence-corrected chi connectivity index (χ2v) is 5.37. The van der Waals surface area contributed by atoms with Gasteiger partial charge >= 0.3 is 6.18 Å². The SMILES string of the molecule is CCn1c(N2CCNCC2)nc2c(C(F)(F)F)nn(C)c(=O)c21. The quantitative estimate of drug-likeness (QED) is 0.872. The average Bonchev–Trinajstić information content (AvgIpc) is 2.90. The summed E-state index contributed by atoms with van der Waals surface area (Å²) in [6.07, 6.45) is -4.67. The molecule has 3 heterocycles. The topological polar surface area (TPSA) is 68.0 Å². The molecule has 126 valence electrons. The van der Waals surface area contributed by atoms with Gasteiger partial charge in [0.1, 0.15) is 11.0 Å². The van der Waals surface area contributed by atoms with E-state index in [2.05, 4.69) is 15.4 Å². The molecule has 0 spiro atoms. The zero-order valence-corrected chi connectivity index (χ0v) is 12.8. The normalized spacial score (nSPS) is 16.3. The van der Waals surface area contributed by atoms with Crippen LogP contribution in [0.1, 0.15) is 12.6 Å². The number of piperazine rings is 1. The number of rotatable bonds is 2. The third kappa shape index (κ3) is 2.56. The maximum Gasteiger partial charge on any atom is 0.437 e. The molecule has 1 aliphatic rings. The highest BCUT2D eigenvalue weighted by Crippen LogP contribution is 2.33. The molecule has 0 aliphatic carbocycles. The second kappa shape index (κ2) is 5.52. The summed E-state index contributed by atoms with van der Waals surface area (Å²) in [6.45, 7) is 4.81. The molecule has 7 nitrogen and oxygen atoms in total. The van der Waals surface area contributed by atoms with Crippen LogP contribution in [0.25, 0.3) is 11.0 Å². The molecule has 2 aromatic rings. The van der Waals surface area contributed by atoms with Crippen LogP contribution in [0.5, 0.6) is 0 Å². The Morgan fingerprint density at radius 1 is 1.26 bits per heavy atom. The fourth-order valence-corrected chi connectivity index (χ4v) is 2.82. The molecule has 23 heavy (non-hydrogen) atoms. The summed E-state index contributed by atoms with van der Waals surface area (Å²) in [6, 6.07) is 0. The lowest BCUT2D eigenvalue weighted by Crippen LogP contribution is -2.44. The molecule has 2 aromatic heterocycles. The molecule has 1 saturated heterocycles. The fraction of sp³-hybridized carbons (Fsp3) is 0.615. The number of halogens is 3. The summed E-state index contributed by atoms with van der Waals surface area (Å²) in [4.78, 5) is 18.4. The number of aryl methyl sites for hydroxylation is 2. The van der Waals surface area contributed by atoms with Crippen molar-refractivity contribution in [1.82, 2.24) is 24.6 Å². The highest BCUT2D eigenvalue weighted by atomic mass is 19.4. The van der Waals surface area contributed by atoms with Gasteiger partial charge in [0, 0.05) is 39.8 Å². The smallest absolute Gasteiger partial charge is 0.340 e. The zero-order valence-electron chi connectivity index (χ0n) is 12.8. The van der Waals surface area contributed by atoms with Crippen LogP contribution in [0.15, 0.2) is 4.79 Å². The van der Waals surface area contributed by atoms with Crippen molar-refractivity contribution in [3.8, 4) is 0 Å². The van der Waals surface area contributed by atoms with E-state index in [0.717, 1.165) is 17.8 Å². The third-order valence-corrected chi connectivity index (χ3v) is 3.90. The Balaban J connectivity index is 2.31. The van der Waals surface area contributed by atoms with Crippen LogP contribution in [0.2, 0.25) is 0 Å². The van der Waals surface area contributed by atoms with Crippen molar-refractivity contribution in [2.24, 2.45) is 7.05 Å². The Labute approximate surface area is 129 Å². The number of alkyl halides is 3. The minimum absolute atomic E-state index is 0.0501. The molecular formula is C13H17F3N6O. The monoisotopic (exact) mass is 330 g/mol. The predicted octanol–water partition coefficient (Wildman–Crippen LogP) is 0.578. The van der Waals surface area contributed by atoms with Crippen molar-refractivity contribution < 1.29 is 13.2 Å². The van der Waals surface area contributed by atoms with Gasteiger partial charge in [0.15, 0.2) is 5.69 Å². The van der Waals surface area contributed by atoms with Crippen molar-refractivity contribution in [2.45, 2.75) is 19.6 Å². The van der Waals surface area contributed by atoms with Crippen molar-refractivity contribution in [2.75, 3.05) is 31.1 Å². The molecule has 0 atom stereocenters. The van der Waals surface area contributed by atoms with Gasteiger partial charge in [-0.1, -0.05) is 0 Å². The first-order valence-electron chi connectivity index (χ1n) is 7.35.